The maximum atomic E-state index is 14.2. The molecular formula is C35H24ClN5O5. The molecule has 0 aromatic heterocycles. The van der Waals surface area contributed by atoms with Crippen LogP contribution >= 0.6 is 11.6 Å². The standard InChI is InChI=1S/C35H24ClN5O5/c1-21-30(34(43)37-24-8-4-2-5-9-24)32-31(35(44)38-25-10-6-3-7-11-25)29(42)20-28(22-12-16-27(17-13-22)41(45)46)33(32)39-40(21)26-18-14-23(36)15-19-26/h2-20H,1H3,(H,37,43)(H,38,44). The van der Waals surface area contributed by atoms with E-state index < -0.39 is 22.2 Å². The van der Waals surface area contributed by atoms with E-state index in [2.05, 4.69) is 10.6 Å². The normalized spacial score (nSPS) is 10.8. The number of nitro groups is 1. The smallest absolute Gasteiger partial charge is 0.269 e. The summed E-state index contributed by atoms with van der Waals surface area (Å²) in [6.07, 6.45) is 0. The van der Waals surface area contributed by atoms with E-state index in [1.807, 2.05) is 6.07 Å². The van der Waals surface area contributed by atoms with E-state index in [0.29, 0.717) is 33.3 Å². The van der Waals surface area contributed by atoms with Gasteiger partial charge in [-0.3, -0.25) is 24.5 Å². The number of para-hydroxylation sites is 2. The van der Waals surface area contributed by atoms with Crippen LogP contribution < -0.4 is 16.1 Å². The number of nitrogens with one attached hydrogen (secondary N) is 2. The SMILES string of the molecule is Cc1c(C(=O)Nc2ccccc2)c2c(C(=O)Nc3ccccc3)c(=O)cc(-c3ccc([N+](=O)[O-])cc3)c-2nn1-c1ccc(Cl)cc1. The highest BCUT2D eigenvalue weighted by molar-refractivity contribution is 6.30. The molecule has 0 fully saturated rings. The van der Waals surface area contributed by atoms with E-state index in [1.54, 1.807) is 85.8 Å². The van der Waals surface area contributed by atoms with Crippen LogP contribution in [-0.4, -0.2) is 26.5 Å². The number of hydrogen-bond donors (Lipinski definition) is 2. The van der Waals surface area contributed by atoms with Gasteiger partial charge in [0.15, 0.2) is 5.43 Å². The second-order valence-electron chi connectivity index (χ2n) is 10.3. The number of nitro benzene ring substituents is 1. The Labute approximate surface area is 267 Å². The van der Waals surface area contributed by atoms with Crippen molar-refractivity contribution >= 4 is 40.5 Å². The van der Waals surface area contributed by atoms with E-state index in [1.165, 1.54) is 35.0 Å². The Morgan fingerprint density at radius 2 is 1.33 bits per heavy atom. The molecule has 0 atom stereocenters. The van der Waals surface area contributed by atoms with E-state index in [9.17, 15) is 24.5 Å². The van der Waals surface area contributed by atoms with Gasteiger partial charge in [-0.2, -0.15) is 5.10 Å². The van der Waals surface area contributed by atoms with Crippen molar-refractivity contribution < 1.29 is 14.5 Å². The van der Waals surface area contributed by atoms with Crippen LogP contribution in [0.15, 0.2) is 120 Å². The van der Waals surface area contributed by atoms with Crippen LogP contribution in [0.4, 0.5) is 17.1 Å². The van der Waals surface area contributed by atoms with E-state index in [0.717, 1.165) is 0 Å². The molecule has 0 saturated heterocycles. The molecule has 1 heterocycles. The number of halogens is 1. The second kappa shape index (κ2) is 12.5. The number of nitrogens with zero attached hydrogens (tertiary/aromatic N) is 3. The van der Waals surface area contributed by atoms with Gasteiger partial charge < -0.3 is 10.6 Å². The molecule has 2 aliphatic rings. The largest absolute Gasteiger partial charge is 0.322 e. The zero-order chi connectivity index (χ0) is 32.4. The van der Waals surface area contributed by atoms with Gasteiger partial charge in [-0.25, -0.2) is 4.68 Å². The third-order valence-corrected chi connectivity index (χ3v) is 7.62. The summed E-state index contributed by atoms with van der Waals surface area (Å²) in [6.45, 7) is 1.67. The summed E-state index contributed by atoms with van der Waals surface area (Å²) in [5.41, 5.74) is 1.72. The first kappa shape index (κ1) is 29.9. The number of amides is 2. The Morgan fingerprint density at radius 3 is 1.87 bits per heavy atom. The van der Waals surface area contributed by atoms with Gasteiger partial charge in [0.25, 0.3) is 17.5 Å². The fraction of sp³-hybridized carbons (Fsp3) is 0.0286. The number of hydrogen-bond acceptors (Lipinski definition) is 6. The van der Waals surface area contributed by atoms with Crippen LogP contribution in [0.25, 0.3) is 28.1 Å². The number of aromatic nitrogens is 2. The molecule has 2 N–H and O–H groups in total. The fourth-order valence-corrected chi connectivity index (χ4v) is 5.33. The molecule has 11 heteroatoms. The lowest BCUT2D eigenvalue weighted by atomic mass is 9.88. The van der Waals surface area contributed by atoms with Gasteiger partial charge in [-0.05, 0) is 79.2 Å². The highest BCUT2D eigenvalue weighted by Gasteiger charge is 2.32. The summed E-state index contributed by atoms with van der Waals surface area (Å²) in [5, 5.41) is 22.4. The molecule has 226 valence electrons. The first-order valence-corrected chi connectivity index (χ1v) is 14.4. The predicted molar refractivity (Wildman–Crippen MR) is 177 cm³/mol. The van der Waals surface area contributed by atoms with Gasteiger partial charge in [0.2, 0.25) is 0 Å². The Balaban J connectivity index is 1.68. The molecule has 0 bridgehead atoms. The van der Waals surface area contributed by atoms with Gasteiger partial charge in [0.1, 0.15) is 5.69 Å². The minimum Gasteiger partial charge on any atom is -0.322 e. The summed E-state index contributed by atoms with van der Waals surface area (Å²) < 4.78 is 1.54. The van der Waals surface area contributed by atoms with E-state index in [4.69, 9.17) is 16.7 Å². The zero-order valence-corrected chi connectivity index (χ0v) is 25.0. The molecule has 4 aromatic carbocycles. The van der Waals surface area contributed by atoms with Gasteiger partial charge >= 0.3 is 0 Å². The molecule has 1 aliphatic carbocycles. The molecule has 46 heavy (non-hydrogen) atoms. The Morgan fingerprint density at radius 1 is 0.783 bits per heavy atom. The van der Waals surface area contributed by atoms with Crippen molar-refractivity contribution in [3.05, 3.63) is 157 Å². The number of fused-ring (bicyclic) bond motifs is 1. The van der Waals surface area contributed by atoms with Crippen molar-refractivity contribution in [1.29, 1.82) is 0 Å². The van der Waals surface area contributed by atoms with Gasteiger partial charge in [0.05, 0.1) is 27.4 Å². The number of anilines is 2. The van der Waals surface area contributed by atoms with Crippen LogP contribution in [0.5, 0.6) is 0 Å². The first-order chi connectivity index (χ1) is 22.2. The molecular weight excluding hydrogens is 606 g/mol. The minimum atomic E-state index is -0.726. The van der Waals surface area contributed by atoms with Crippen molar-refractivity contribution in [3.63, 3.8) is 0 Å². The van der Waals surface area contributed by atoms with Crippen LogP contribution in [0.1, 0.15) is 26.4 Å². The second-order valence-corrected chi connectivity index (χ2v) is 10.8. The lowest BCUT2D eigenvalue weighted by Crippen LogP contribution is -2.28. The molecule has 0 radical (unpaired) electrons. The third kappa shape index (κ3) is 5.84. The van der Waals surface area contributed by atoms with Crippen molar-refractivity contribution in [2.75, 3.05) is 10.6 Å². The van der Waals surface area contributed by atoms with Crippen molar-refractivity contribution in [2.45, 2.75) is 6.92 Å². The maximum absolute atomic E-state index is 14.2. The number of carbonyl (C=O) groups excluding carboxylic acids is 2. The highest BCUT2D eigenvalue weighted by atomic mass is 35.5. The molecule has 0 unspecified atom stereocenters. The molecule has 6 rings (SSSR count). The average Bonchev–Trinajstić information content (AvgIpc) is 3.05. The fourth-order valence-electron chi connectivity index (χ4n) is 5.21. The van der Waals surface area contributed by atoms with Crippen molar-refractivity contribution in [1.82, 2.24) is 9.78 Å². The summed E-state index contributed by atoms with van der Waals surface area (Å²) in [6, 6.07) is 31.1. The quantitative estimate of drug-likeness (QED) is 0.140. The average molecular weight is 630 g/mol. The molecule has 2 amide bonds. The van der Waals surface area contributed by atoms with Crippen LogP contribution in [0.2, 0.25) is 5.02 Å². The molecule has 0 spiro atoms. The minimum absolute atomic E-state index is 0.0328. The maximum Gasteiger partial charge on any atom is 0.269 e. The molecule has 1 aliphatic heterocycles. The summed E-state index contributed by atoms with van der Waals surface area (Å²) in [5.74, 6) is -1.30. The highest BCUT2D eigenvalue weighted by Crippen LogP contribution is 2.38. The zero-order valence-electron chi connectivity index (χ0n) is 24.2. The third-order valence-electron chi connectivity index (χ3n) is 7.37. The van der Waals surface area contributed by atoms with Gasteiger partial charge in [0, 0.05) is 39.7 Å². The molecule has 10 nitrogen and oxygen atoms in total. The summed E-state index contributed by atoms with van der Waals surface area (Å²) in [4.78, 5) is 52.9. The predicted octanol–water partition coefficient (Wildman–Crippen LogP) is 7.38. The summed E-state index contributed by atoms with van der Waals surface area (Å²) in [7, 11) is 0. The molecule has 0 saturated carbocycles. The lowest BCUT2D eigenvalue weighted by molar-refractivity contribution is -0.384. The number of benzene rings is 5. The van der Waals surface area contributed by atoms with Crippen molar-refractivity contribution in [2.24, 2.45) is 0 Å². The number of rotatable bonds is 7. The van der Waals surface area contributed by atoms with E-state index >= 15 is 0 Å². The Kier molecular flexibility index (Phi) is 8.11. The number of carbonyl (C=O) groups is 2. The van der Waals surface area contributed by atoms with E-state index in [-0.39, 0.29) is 33.6 Å². The van der Waals surface area contributed by atoms with Gasteiger partial charge in [-0.15, -0.1) is 0 Å². The summed E-state index contributed by atoms with van der Waals surface area (Å²) >= 11 is 6.16. The van der Waals surface area contributed by atoms with Crippen molar-refractivity contribution in [3.8, 4) is 28.1 Å². The Bertz CT molecular complexity index is 2130. The van der Waals surface area contributed by atoms with Crippen LogP contribution in [0, 0.1) is 17.0 Å². The van der Waals surface area contributed by atoms with Gasteiger partial charge in [-0.1, -0.05) is 48.0 Å². The monoisotopic (exact) mass is 629 g/mol. The topological polar surface area (TPSA) is 136 Å². The Hall–Kier alpha value is -6.13. The first-order valence-electron chi connectivity index (χ1n) is 14.1. The lowest BCUT2D eigenvalue weighted by Gasteiger charge is -2.23. The van der Waals surface area contributed by atoms with Crippen LogP contribution in [0.3, 0.4) is 0 Å². The number of non-ortho nitro benzene ring substituents is 1. The molecule has 4 aromatic rings. The van der Waals surface area contributed by atoms with Crippen LogP contribution in [-0.2, 0) is 0 Å².